The fourth-order valence-electron chi connectivity index (χ4n) is 1.38. The van der Waals surface area contributed by atoms with Crippen molar-refractivity contribution in [2.45, 2.75) is 71.6 Å². The summed E-state index contributed by atoms with van der Waals surface area (Å²) >= 11 is 0. The minimum Gasteiger partial charge on any atom is -0.303 e. The number of unbranched alkanes of at least 4 members (excludes halogenated alkanes) is 8. The molecule has 0 aromatic carbocycles. The molecule has 0 saturated carbocycles. The second-order valence-corrected chi connectivity index (χ2v) is 5.01. The third-order valence-electron chi connectivity index (χ3n) is 2.21. The molecule has 0 bridgehead atoms. The van der Waals surface area contributed by atoms with Gasteiger partial charge in [0.25, 0.3) is 0 Å². The highest BCUT2D eigenvalue weighted by atomic mass is 31.2. The molecule has 0 heterocycles. The molecule has 0 rings (SSSR count). The van der Waals surface area contributed by atoms with Gasteiger partial charge in [0.15, 0.2) is 0 Å². The van der Waals surface area contributed by atoms with Crippen LogP contribution in [0, 0.1) is 0 Å². The summed E-state index contributed by atoms with van der Waals surface area (Å²) in [6.45, 7) is 4.55. The number of phosphoric acid groups is 1. The Balaban J connectivity index is 0. The van der Waals surface area contributed by atoms with E-state index in [1.165, 1.54) is 57.8 Å². The van der Waals surface area contributed by atoms with Gasteiger partial charge in [0.2, 0.25) is 0 Å². The zero-order valence-corrected chi connectivity index (χ0v) is 11.5. The topological polar surface area (TPSA) is 77.8 Å². The van der Waals surface area contributed by atoms with Crippen LogP contribution in [0.1, 0.15) is 71.6 Å². The van der Waals surface area contributed by atoms with Gasteiger partial charge in [-0.05, 0) is 0 Å². The third kappa shape index (κ3) is 36.9. The highest BCUT2D eigenvalue weighted by Gasteiger charge is 2.00. The summed E-state index contributed by atoms with van der Waals surface area (Å²) in [6, 6.07) is 0. The zero-order chi connectivity index (χ0) is 12.9. The van der Waals surface area contributed by atoms with Crippen LogP contribution in [0.25, 0.3) is 0 Å². The predicted molar refractivity (Wildman–Crippen MR) is 67.2 cm³/mol. The molecule has 0 aliphatic carbocycles. The Kier molecular flexibility index (Phi) is 15.2. The van der Waals surface area contributed by atoms with Gasteiger partial charge in [-0.2, -0.15) is 0 Å². The minimum atomic E-state index is -4.64. The van der Waals surface area contributed by atoms with E-state index in [-0.39, 0.29) is 0 Å². The normalized spacial score (nSPS) is 10.8. The van der Waals surface area contributed by atoms with Gasteiger partial charge < -0.3 is 14.7 Å². The van der Waals surface area contributed by atoms with Crippen LogP contribution in [0.15, 0.2) is 0 Å². The van der Waals surface area contributed by atoms with Crippen molar-refractivity contribution in [2.75, 3.05) is 0 Å². The first kappa shape index (κ1) is 18.5. The van der Waals surface area contributed by atoms with E-state index in [4.69, 9.17) is 19.2 Å². The summed E-state index contributed by atoms with van der Waals surface area (Å²) in [6.07, 6.45) is 13.0. The van der Waals surface area contributed by atoms with Crippen LogP contribution in [-0.4, -0.2) is 14.7 Å². The standard InChI is InChI=1S/C11H24.H3O4P/c1-3-5-7-9-11-10-8-6-4-2;1-5(2,3)4/h3-11H2,1-2H3;(H3,1,2,3,4). The van der Waals surface area contributed by atoms with Crippen LogP contribution in [0.2, 0.25) is 0 Å². The minimum absolute atomic E-state index is 1.37. The maximum absolute atomic E-state index is 8.88. The maximum atomic E-state index is 8.88. The lowest BCUT2D eigenvalue weighted by atomic mass is 10.1. The zero-order valence-electron chi connectivity index (χ0n) is 10.6. The molecule has 16 heavy (non-hydrogen) atoms. The Morgan fingerprint density at radius 1 is 0.688 bits per heavy atom. The van der Waals surface area contributed by atoms with E-state index in [9.17, 15) is 0 Å². The quantitative estimate of drug-likeness (QED) is 0.456. The fourth-order valence-corrected chi connectivity index (χ4v) is 1.38. The van der Waals surface area contributed by atoms with Crippen molar-refractivity contribution >= 4 is 7.82 Å². The van der Waals surface area contributed by atoms with Gasteiger partial charge in [0.05, 0.1) is 0 Å². The van der Waals surface area contributed by atoms with E-state index in [1.807, 2.05) is 0 Å². The molecule has 0 aliphatic rings. The molecule has 0 unspecified atom stereocenters. The molecule has 0 fully saturated rings. The van der Waals surface area contributed by atoms with Gasteiger partial charge in [-0.3, -0.25) is 0 Å². The molecule has 0 radical (unpaired) electrons. The molecular formula is C11H27O4P. The maximum Gasteiger partial charge on any atom is 0.466 e. The smallest absolute Gasteiger partial charge is 0.303 e. The third-order valence-corrected chi connectivity index (χ3v) is 2.21. The Hall–Kier alpha value is 0.110. The van der Waals surface area contributed by atoms with Crippen LogP contribution in [-0.2, 0) is 4.57 Å². The molecule has 0 aromatic rings. The Bertz CT molecular complexity index is 151. The second kappa shape index (κ2) is 13.2. The molecule has 0 aliphatic heterocycles. The van der Waals surface area contributed by atoms with Crippen molar-refractivity contribution in [3.05, 3.63) is 0 Å². The summed E-state index contributed by atoms with van der Waals surface area (Å²) in [4.78, 5) is 21.6. The van der Waals surface area contributed by atoms with E-state index in [2.05, 4.69) is 13.8 Å². The van der Waals surface area contributed by atoms with Crippen LogP contribution in [0.5, 0.6) is 0 Å². The van der Waals surface area contributed by atoms with Crippen molar-refractivity contribution in [1.82, 2.24) is 0 Å². The summed E-state index contributed by atoms with van der Waals surface area (Å²) < 4.78 is 8.88. The van der Waals surface area contributed by atoms with E-state index >= 15 is 0 Å². The summed E-state index contributed by atoms with van der Waals surface area (Å²) in [5, 5.41) is 0. The van der Waals surface area contributed by atoms with E-state index in [1.54, 1.807) is 0 Å². The van der Waals surface area contributed by atoms with Crippen molar-refractivity contribution in [3.63, 3.8) is 0 Å². The van der Waals surface area contributed by atoms with Crippen LogP contribution in [0.3, 0.4) is 0 Å². The summed E-state index contributed by atoms with van der Waals surface area (Å²) in [5.74, 6) is 0. The summed E-state index contributed by atoms with van der Waals surface area (Å²) in [7, 11) is -4.64. The molecule has 0 aromatic heterocycles. The van der Waals surface area contributed by atoms with Gasteiger partial charge in [-0.25, -0.2) is 4.57 Å². The Morgan fingerprint density at radius 2 is 0.875 bits per heavy atom. The molecule has 0 amide bonds. The largest absolute Gasteiger partial charge is 0.466 e. The SMILES string of the molecule is CCCCCCCCCCC.O=P(O)(O)O. The van der Waals surface area contributed by atoms with Crippen molar-refractivity contribution < 1.29 is 19.2 Å². The first-order valence-corrected chi connectivity index (χ1v) is 7.76. The lowest BCUT2D eigenvalue weighted by Gasteiger charge is -1.98. The van der Waals surface area contributed by atoms with Crippen molar-refractivity contribution in [3.8, 4) is 0 Å². The highest BCUT2D eigenvalue weighted by Crippen LogP contribution is 2.25. The van der Waals surface area contributed by atoms with Gasteiger partial charge in [0.1, 0.15) is 0 Å². The van der Waals surface area contributed by atoms with E-state index in [0.29, 0.717) is 0 Å². The lowest BCUT2D eigenvalue weighted by Crippen LogP contribution is -1.79. The summed E-state index contributed by atoms with van der Waals surface area (Å²) in [5.41, 5.74) is 0. The van der Waals surface area contributed by atoms with Gasteiger partial charge in [0, 0.05) is 0 Å². The molecule has 0 spiro atoms. The van der Waals surface area contributed by atoms with Crippen LogP contribution < -0.4 is 0 Å². The molecule has 0 atom stereocenters. The molecule has 5 heteroatoms. The molecule has 100 valence electrons. The molecule has 0 saturated heterocycles. The van der Waals surface area contributed by atoms with Crippen molar-refractivity contribution in [2.24, 2.45) is 0 Å². The average molecular weight is 254 g/mol. The van der Waals surface area contributed by atoms with Crippen LogP contribution in [0.4, 0.5) is 0 Å². The first-order chi connectivity index (χ1) is 7.41. The number of hydrogen-bond donors (Lipinski definition) is 3. The fraction of sp³-hybridized carbons (Fsp3) is 1.00. The van der Waals surface area contributed by atoms with Crippen LogP contribution >= 0.6 is 7.82 Å². The van der Waals surface area contributed by atoms with E-state index in [0.717, 1.165) is 0 Å². The monoisotopic (exact) mass is 254 g/mol. The molecule has 4 nitrogen and oxygen atoms in total. The predicted octanol–water partition coefficient (Wildman–Crippen LogP) is 3.61. The molecule has 3 N–H and O–H groups in total. The average Bonchev–Trinajstić information content (AvgIpc) is 2.14. The first-order valence-electron chi connectivity index (χ1n) is 6.20. The second-order valence-electron chi connectivity index (χ2n) is 3.99. The highest BCUT2D eigenvalue weighted by molar-refractivity contribution is 7.45. The van der Waals surface area contributed by atoms with Crippen molar-refractivity contribution in [1.29, 1.82) is 0 Å². The number of rotatable bonds is 8. The van der Waals surface area contributed by atoms with Gasteiger partial charge in [-0.1, -0.05) is 71.6 Å². The van der Waals surface area contributed by atoms with Gasteiger partial charge >= 0.3 is 7.82 Å². The van der Waals surface area contributed by atoms with Gasteiger partial charge in [-0.15, -0.1) is 0 Å². The lowest BCUT2D eigenvalue weighted by molar-refractivity contribution is 0.275. The number of hydrogen-bond acceptors (Lipinski definition) is 1. The molecular weight excluding hydrogens is 227 g/mol. The Morgan fingerprint density at radius 3 is 1.06 bits per heavy atom. The Labute approximate surface area is 99.3 Å². The van der Waals surface area contributed by atoms with E-state index < -0.39 is 7.82 Å².